The van der Waals surface area contributed by atoms with Crippen LogP contribution in [0.3, 0.4) is 0 Å². The predicted octanol–water partition coefficient (Wildman–Crippen LogP) is 8.44. The van der Waals surface area contributed by atoms with Crippen LogP contribution in [0.25, 0.3) is 27.7 Å². The Balaban J connectivity index is 1.09. The van der Waals surface area contributed by atoms with Gasteiger partial charge >= 0.3 is 6.09 Å². The number of likely N-dealkylation sites (tertiary alicyclic amines) is 1. The van der Waals surface area contributed by atoms with Gasteiger partial charge in [0, 0.05) is 56.2 Å². The summed E-state index contributed by atoms with van der Waals surface area (Å²) < 4.78 is 35.8. The molecule has 7 rings (SSSR count). The van der Waals surface area contributed by atoms with Crippen molar-refractivity contribution < 1.29 is 28.2 Å². The molecule has 5 aromatic rings. The summed E-state index contributed by atoms with van der Waals surface area (Å²) in [5.74, 6) is 0.267. The maximum absolute atomic E-state index is 16.1. The molecule has 0 bridgehead atoms. The van der Waals surface area contributed by atoms with Crippen LogP contribution in [0.2, 0.25) is 0 Å². The molecule has 2 aromatic heterocycles. The van der Waals surface area contributed by atoms with E-state index in [2.05, 4.69) is 0 Å². The molecule has 0 aliphatic carbocycles. The van der Waals surface area contributed by atoms with Crippen molar-refractivity contribution in [2.75, 3.05) is 26.2 Å². The number of carbonyl (C=O) groups excluding carboxylic acids is 2. The summed E-state index contributed by atoms with van der Waals surface area (Å²) in [6, 6.07) is 26.7. The summed E-state index contributed by atoms with van der Waals surface area (Å²) in [4.78, 5) is 34.6. The Morgan fingerprint density at radius 1 is 0.873 bits per heavy atom. The highest BCUT2D eigenvalue weighted by atomic mass is 19.1. The van der Waals surface area contributed by atoms with E-state index in [1.165, 1.54) is 6.07 Å². The molecule has 4 heterocycles. The van der Waals surface area contributed by atoms with Crippen molar-refractivity contribution in [2.24, 2.45) is 18.9 Å². The Morgan fingerprint density at radius 3 is 2.20 bits per heavy atom. The molecule has 55 heavy (non-hydrogen) atoms. The molecular weight excluding hydrogens is 698 g/mol. The highest BCUT2D eigenvalue weighted by molar-refractivity contribution is 5.96. The van der Waals surface area contributed by atoms with Gasteiger partial charge in [-0.3, -0.25) is 9.48 Å². The molecule has 2 amide bonds. The molecule has 2 aliphatic heterocycles. The van der Waals surface area contributed by atoms with Crippen LogP contribution in [0.15, 0.2) is 91.0 Å². The number of aryl methyl sites for hydroxylation is 1. The largest absolute Gasteiger partial charge is 0.473 e. The second kappa shape index (κ2) is 15.9. The topological polar surface area (TPSA) is 99.0 Å². The number of ether oxygens (including phenoxy) is 3. The summed E-state index contributed by atoms with van der Waals surface area (Å²) in [5.41, 5.74) is 4.71. The van der Waals surface area contributed by atoms with Gasteiger partial charge in [-0.15, -0.1) is 0 Å². The minimum Gasteiger partial charge on any atom is -0.473 e. The van der Waals surface area contributed by atoms with Gasteiger partial charge < -0.3 is 24.0 Å². The first kappa shape index (κ1) is 37.6. The zero-order chi connectivity index (χ0) is 38.7. The molecule has 0 radical (unpaired) electrons. The Bertz CT molecular complexity index is 2200. The zero-order valence-corrected chi connectivity index (χ0v) is 32.1. The summed E-state index contributed by atoms with van der Waals surface area (Å²) in [7, 11) is 1.84. The number of piperidine rings is 1. The quantitative estimate of drug-likeness (QED) is 0.149. The molecule has 0 saturated carbocycles. The van der Waals surface area contributed by atoms with Crippen molar-refractivity contribution in [3.8, 4) is 23.0 Å². The van der Waals surface area contributed by atoms with E-state index in [4.69, 9.17) is 24.3 Å². The second-order valence-electron chi connectivity index (χ2n) is 15.4. The van der Waals surface area contributed by atoms with Gasteiger partial charge in [-0.2, -0.15) is 10.1 Å². The van der Waals surface area contributed by atoms with Gasteiger partial charge in [0.25, 0.3) is 0 Å². The zero-order valence-electron chi connectivity index (χ0n) is 32.1. The molecule has 1 fully saturated rings. The Labute approximate surface area is 321 Å². The number of rotatable bonds is 9. The van der Waals surface area contributed by atoms with E-state index in [0.29, 0.717) is 79.6 Å². The number of hydrogen-bond acceptors (Lipinski definition) is 7. The fraction of sp³-hybridized carbons (Fsp3) is 0.364. The predicted molar refractivity (Wildman–Crippen MR) is 210 cm³/mol. The lowest BCUT2D eigenvalue weighted by molar-refractivity contribution is -0.138. The van der Waals surface area contributed by atoms with Crippen LogP contribution in [-0.4, -0.2) is 68.3 Å². The van der Waals surface area contributed by atoms with Crippen LogP contribution in [0, 0.1) is 17.7 Å². The van der Waals surface area contributed by atoms with Crippen LogP contribution < -0.4 is 9.47 Å². The average Bonchev–Trinajstić information content (AvgIpc) is 3.49. The van der Waals surface area contributed by atoms with E-state index in [1.807, 2.05) is 119 Å². The molecule has 2 unspecified atom stereocenters. The second-order valence-corrected chi connectivity index (χ2v) is 15.4. The van der Waals surface area contributed by atoms with Crippen LogP contribution in [0.4, 0.5) is 9.18 Å². The normalized spacial score (nSPS) is 17.5. The van der Waals surface area contributed by atoms with Crippen molar-refractivity contribution in [1.29, 1.82) is 0 Å². The number of nitrogens with zero attached hydrogens (tertiary/aromatic N) is 5. The lowest BCUT2D eigenvalue weighted by Gasteiger charge is -2.39. The molecule has 286 valence electrons. The Hall–Kier alpha value is -5.71. The number of pyridine rings is 1. The van der Waals surface area contributed by atoms with Crippen molar-refractivity contribution in [1.82, 2.24) is 24.6 Å². The first-order chi connectivity index (χ1) is 26.4. The summed E-state index contributed by atoms with van der Waals surface area (Å²) in [6.07, 6.45) is 2.72. The van der Waals surface area contributed by atoms with Gasteiger partial charge in [0.05, 0.1) is 11.1 Å². The van der Waals surface area contributed by atoms with Gasteiger partial charge in [0.15, 0.2) is 0 Å². The van der Waals surface area contributed by atoms with Gasteiger partial charge in [0.1, 0.15) is 30.3 Å². The molecule has 2 aliphatic rings. The van der Waals surface area contributed by atoms with Gasteiger partial charge in [-0.1, -0.05) is 73.7 Å². The molecule has 0 N–H and O–H groups in total. The third kappa shape index (κ3) is 8.66. The van der Waals surface area contributed by atoms with Crippen LogP contribution >= 0.6 is 0 Å². The maximum Gasteiger partial charge on any atom is 0.410 e. The fourth-order valence-electron chi connectivity index (χ4n) is 7.33. The van der Waals surface area contributed by atoms with Crippen molar-refractivity contribution >= 4 is 28.5 Å². The van der Waals surface area contributed by atoms with E-state index in [9.17, 15) is 9.59 Å². The molecular formula is C44H48FN5O5. The van der Waals surface area contributed by atoms with Crippen molar-refractivity contribution in [2.45, 2.75) is 59.4 Å². The molecule has 11 heteroatoms. The van der Waals surface area contributed by atoms with E-state index < -0.39 is 5.60 Å². The van der Waals surface area contributed by atoms with Crippen LogP contribution in [-0.2, 0) is 29.8 Å². The minimum atomic E-state index is -0.572. The summed E-state index contributed by atoms with van der Waals surface area (Å²) in [6.45, 7) is 10.0. The summed E-state index contributed by atoms with van der Waals surface area (Å²) in [5, 5.41) is 5.47. The first-order valence-corrected chi connectivity index (χ1v) is 18.9. The molecule has 10 nitrogen and oxygen atoms in total. The van der Waals surface area contributed by atoms with E-state index in [1.54, 1.807) is 15.6 Å². The van der Waals surface area contributed by atoms with Gasteiger partial charge in [0.2, 0.25) is 17.7 Å². The minimum absolute atomic E-state index is 0.00416. The maximum atomic E-state index is 16.1. The molecule has 1 saturated heterocycles. The highest BCUT2D eigenvalue weighted by Crippen LogP contribution is 2.38. The van der Waals surface area contributed by atoms with Gasteiger partial charge in [-0.25, -0.2) is 9.18 Å². The van der Waals surface area contributed by atoms with E-state index in [0.717, 1.165) is 22.2 Å². The third-order valence-corrected chi connectivity index (χ3v) is 10.2. The monoisotopic (exact) mass is 745 g/mol. The Morgan fingerprint density at radius 2 is 1.56 bits per heavy atom. The van der Waals surface area contributed by atoms with Crippen LogP contribution in [0.1, 0.15) is 57.2 Å². The van der Waals surface area contributed by atoms with E-state index >= 15 is 4.39 Å². The standard InChI is InChI=1S/C44H48FN5O5/c1-29-26-50(43(52)55-44(2,3)4)23-20-33(29)42(51)49-21-18-32(19-22-49)35-25-38-36(24-37(35)45)40(47-48(38)5)34-16-17-39(53-27-30-12-8-6-9-13-30)46-41(34)54-28-31-14-10-7-11-15-31/h6-18,24-25,29,33H,19-23,26-28H2,1-5H3. The van der Waals surface area contributed by atoms with Crippen molar-refractivity contribution in [3.05, 3.63) is 114 Å². The fourth-order valence-corrected chi connectivity index (χ4v) is 7.33. The molecule has 0 spiro atoms. The third-order valence-electron chi connectivity index (χ3n) is 10.2. The number of aromatic nitrogens is 3. The van der Waals surface area contributed by atoms with Gasteiger partial charge in [-0.05, 0) is 74.4 Å². The van der Waals surface area contributed by atoms with E-state index in [-0.39, 0.29) is 36.3 Å². The number of halogens is 1. The molecule has 3 aromatic carbocycles. The highest BCUT2D eigenvalue weighted by Gasteiger charge is 2.37. The smallest absolute Gasteiger partial charge is 0.410 e. The number of benzene rings is 3. The first-order valence-electron chi connectivity index (χ1n) is 18.9. The average molecular weight is 746 g/mol. The lowest BCUT2D eigenvalue weighted by atomic mass is 9.85. The summed E-state index contributed by atoms with van der Waals surface area (Å²) >= 11 is 0. The number of hydrogen-bond donors (Lipinski definition) is 0. The number of fused-ring (bicyclic) bond motifs is 1. The van der Waals surface area contributed by atoms with Crippen LogP contribution in [0.5, 0.6) is 11.8 Å². The SMILES string of the molecule is CC1CN(C(=O)OC(C)(C)C)CCC1C(=O)N1CC=C(c2cc3c(cc2F)c(-c2ccc(OCc4ccccc4)nc2OCc2ccccc2)nn3C)CC1. The number of amides is 2. The number of carbonyl (C=O) groups is 2. The lowest BCUT2D eigenvalue weighted by Crippen LogP contribution is -2.50. The Kier molecular flexibility index (Phi) is 10.9. The molecule has 2 atom stereocenters. The van der Waals surface area contributed by atoms with Crippen molar-refractivity contribution in [3.63, 3.8) is 0 Å².